The van der Waals surface area contributed by atoms with Crippen LogP contribution in [0.25, 0.3) is 0 Å². The fourth-order valence-corrected chi connectivity index (χ4v) is 2.27. The van der Waals surface area contributed by atoms with E-state index >= 15 is 0 Å². The van der Waals surface area contributed by atoms with Crippen molar-refractivity contribution >= 4 is 11.8 Å². The summed E-state index contributed by atoms with van der Waals surface area (Å²) in [5.41, 5.74) is 1.26. The van der Waals surface area contributed by atoms with E-state index in [1.807, 2.05) is 17.8 Å². The van der Waals surface area contributed by atoms with Gasteiger partial charge in [0.15, 0.2) is 0 Å². The summed E-state index contributed by atoms with van der Waals surface area (Å²) in [6.07, 6.45) is 0.765. The first-order chi connectivity index (χ1) is 6.74. The van der Waals surface area contributed by atoms with Crippen molar-refractivity contribution in [3.8, 4) is 0 Å². The van der Waals surface area contributed by atoms with E-state index in [9.17, 15) is 0 Å². The summed E-state index contributed by atoms with van der Waals surface area (Å²) in [7, 11) is 0. The summed E-state index contributed by atoms with van der Waals surface area (Å²) in [6, 6.07) is 8.32. The number of hydrogen-bond acceptors (Lipinski definition) is 2. The molecule has 1 N–H and O–H groups in total. The normalized spacial score (nSPS) is 10.9. The van der Waals surface area contributed by atoms with Gasteiger partial charge >= 0.3 is 0 Å². The second-order valence-electron chi connectivity index (χ2n) is 3.79. The van der Waals surface area contributed by atoms with Crippen molar-refractivity contribution in [2.24, 2.45) is 5.92 Å². The third kappa shape index (κ3) is 3.72. The van der Waals surface area contributed by atoms with Gasteiger partial charge in [-0.2, -0.15) is 0 Å². The van der Waals surface area contributed by atoms with Gasteiger partial charge in [-0.1, -0.05) is 32.0 Å². The molecular formula is C12H18OS. The minimum atomic E-state index is 0.235. The third-order valence-electron chi connectivity index (χ3n) is 1.93. The molecule has 14 heavy (non-hydrogen) atoms. The van der Waals surface area contributed by atoms with Gasteiger partial charge in [0, 0.05) is 17.3 Å². The predicted octanol–water partition coefficient (Wildman–Crippen LogP) is 2.97. The van der Waals surface area contributed by atoms with Crippen LogP contribution in [0.5, 0.6) is 0 Å². The van der Waals surface area contributed by atoms with E-state index in [-0.39, 0.29) is 6.61 Å². The molecule has 0 atom stereocenters. The fourth-order valence-electron chi connectivity index (χ4n) is 1.23. The number of aliphatic hydroxyl groups excluding tert-OH is 1. The van der Waals surface area contributed by atoms with Crippen molar-refractivity contribution in [2.75, 3.05) is 12.4 Å². The Kier molecular flexibility index (Phi) is 5.05. The fraction of sp³-hybridized carbons (Fsp3) is 0.500. The highest BCUT2D eigenvalue weighted by Crippen LogP contribution is 2.24. The summed E-state index contributed by atoms with van der Waals surface area (Å²) in [5, 5.41) is 8.91. The van der Waals surface area contributed by atoms with Crippen molar-refractivity contribution in [2.45, 2.75) is 25.2 Å². The number of benzene rings is 1. The highest BCUT2D eigenvalue weighted by atomic mass is 32.2. The van der Waals surface area contributed by atoms with Gasteiger partial charge in [0.1, 0.15) is 0 Å². The zero-order valence-electron chi connectivity index (χ0n) is 8.86. The van der Waals surface area contributed by atoms with Crippen LogP contribution < -0.4 is 0 Å². The average Bonchev–Trinajstić information content (AvgIpc) is 2.17. The maximum atomic E-state index is 8.91. The molecule has 0 bridgehead atoms. The first kappa shape index (κ1) is 11.6. The highest BCUT2D eigenvalue weighted by Gasteiger charge is 2.02. The summed E-state index contributed by atoms with van der Waals surface area (Å²) in [6.45, 7) is 4.68. The lowest BCUT2D eigenvalue weighted by Gasteiger charge is -2.09. The topological polar surface area (TPSA) is 20.2 Å². The maximum absolute atomic E-state index is 8.91. The molecule has 0 unspecified atom stereocenters. The lowest BCUT2D eigenvalue weighted by molar-refractivity contribution is 0.299. The molecule has 0 aliphatic heterocycles. The van der Waals surface area contributed by atoms with E-state index in [1.165, 1.54) is 10.5 Å². The highest BCUT2D eigenvalue weighted by molar-refractivity contribution is 7.99. The Morgan fingerprint density at radius 2 is 2.00 bits per heavy atom. The zero-order valence-corrected chi connectivity index (χ0v) is 9.68. The molecule has 0 spiro atoms. The second kappa shape index (κ2) is 6.10. The van der Waals surface area contributed by atoms with Gasteiger partial charge in [-0.3, -0.25) is 0 Å². The lowest BCUT2D eigenvalue weighted by Crippen LogP contribution is -1.95. The van der Waals surface area contributed by atoms with Gasteiger partial charge < -0.3 is 5.11 Å². The smallest absolute Gasteiger partial charge is 0.0471 e. The maximum Gasteiger partial charge on any atom is 0.0471 e. The van der Waals surface area contributed by atoms with Crippen molar-refractivity contribution in [1.29, 1.82) is 0 Å². The van der Waals surface area contributed by atoms with E-state index in [0.717, 1.165) is 12.2 Å². The molecular weight excluding hydrogens is 192 g/mol. The molecule has 0 aliphatic rings. The minimum absolute atomic E-state index is 0.235. The Labute approximate surface area is 90.5 Å². The Hall–Kier alpha value is -0.470. The van der Waals surface area contributed by atoms with E-state index in [4.69, 9.17) is 5.11 Å². The second-order valence-corrected chi connectivity index (χ2v) is 4.85. The molecule has 0 amide bonds. The summed E-state index contributed by atoms with van der Waals surface area (Å²) in [5.74, 6) is 1.85. The van der Waals surface area contributed by atoms with E-state index < -0.39 is 0 Å². The van der Waals surface area contributed by atoms with Crippen molar-refractivity contribution in [3.05, 3.63) is 29.8 Å². The molecule has 0 heterocycles. The third-order valence-corrected chi connectivity index (χ3v) is 3.47. The van der Waals surface area contributed by atoms with Crippen LogP contribution >= 0.6 is 11.8 Å². The molecule has 2 heteroatoms. The largest absolute Gasteiger partial charge is 0.396 e. The zero-order chi connectivity index (χ0) is 10.4. The van der Waals surface area contributed by atoms with Crippen LogP contribution in [0.3, 0.4) is 0 Å². The molecule has 1 nitrogen and oxygen atoms in total. The van der Waals surface area contributed by atoms with Crippen LogP contribution in [0, 0.1) is 5.92 Å². The first-order valence-corrected chi connectivity index (χ1v) is 6.04. The average molecular weight is 210 g/mol. The number of aliphatic hydroxyl groups is 1. The SMILES string of the molecule is CC(C)CSc1ccccc1CCO. The molecule has 1 rings (SSSR count). The van der Waals surface area contributed by atoms with Crippen LogP contribution in [-0.4, -0.2) is 17.5 Å². The standard InChI is InChI=1S/C12H18OS/c1-10(2)9-14-12-6-4-3-5-11(12)7-8-13/h3-6,10,13H,7-9H2,1-2H3. The van der Waals surface area contributed by atoms with E-state index in [1.54, 1.807) is 0 Å². The number of rotatable bonds is 5. The Bertz CT molecular complexity index is 271. The van der Waals surface area contributed by atoms with Crippen molar-refractivity contribution in [3.63, 3.8) is 0 Å². The van der Waals surface area contributed by atoms with Gasteiger partial charge in [0.2, 0.25) is 0 Å². The molecule has 0 saturated carbocycles. The Balaban J connectivity index is 2.64. The van der Waals surface area contributed by atoms with Crippen molar-refractivity contribution < 1.29 is 5.11 Å². The molecule has 0 saturated heterocycles. The van der Waals surface area contributed by atoms with E-state index in [0.29, 0.717) is 5.92 Å². The van der Waals surface area contributed by atoms with Crippen LogP contribution in [0.4, 0.5) is 0 Å². The van der Waals surface area contributed by atoms with Gasteiger partial charge in [-0.25, -0.2) is 0 Å². The van der Waals surface area contributed by atoms with Crippen LogP contribution in [0.15, 0.2) is 29.2 Å². The summed E-state index contributed by atoms with van der Waals surface area (Å²) >= 11 is 1.88. The lowest BCUT2D eigenvalue weighted by atomic mass is 10.2. The van der Waals surface area contributed by atoms with E-state index in [2.05, 4.69) is 32.0 Å². The van der Waals surface area contributed by atoms with Gasteiger partial charge in [-0.05, 0) is 24.0 Å². The minimum Gasteiger partial charge on any atom is -0.396 e. The van der Waals surface area contributed by atoms with Gasteiger partial charge in [0.05, 0.1) is 0 Å². The molecule has 78 valence electrons. The molecule has 0 fully saturated rings. The Morgan fingerprint density at radius 1 is 1.29 bits per heavy atom. The summed E-state index contributed by atoms with van der Waals surface area (Å²) in [4.78, 5) is 1.32. The molecule has 1 aromatic carbocycles. The number of thioether (sulfide) groups is 1. The molecule has 0 radical (unpaired) electrons. The molecule has 1 aromatic rings. The number of hydrogen-bond donors (Lipinski definition) is 1. The van der Waals surface area contributed by atoms with Gasteiger partial charge in [-0.15, -0.1) is 11.8 Å². The Morgan fingerprint density at radius 3 is 2.64 bits per heavy atom. The quantitative estimate of drug-likeness (QED) is 0.754. The van der Waals surface area contributed by atoms with Gasteiger partial charge in [0.25, 0.3) is 0 Å². The van der Waals surface area contributed by atoms with Crippen molar-refractivity contribution in [1.82, 2.24) is 0 Å². The summed E-state index contributed by atoms with van der Waals surface area (Å²) < 4.78 is 0. The monoisotopic (exact) mass is 210 g/mol. The molecule has 0 aliphatic carbocycles. The molecule has 0 aromatic heterocycles. The van der Waals surface area contributed by atoms with Crippen LogP contribution in [0.2, 0.25) is 0 Å². The van der Waals surface area contributed by atoms with Crippen LogP contribution in [-0.2, 0) is 6.42 Å². The predicted molar refractivity (Wildman–Crippen MR) is 62.8 cm³/mol. The first-order valence-electron chi connectivity index (χ1n) is 5.05. The van der Waals surface area contributed by atoms with Crippen LogP contribution in [0.1, 0.15) is 19.4 Å².